The van der Waals surface area contributed by atoms with Crippen molar-refractivity contribution in [3.8, 4) is 0 Å². The third kappa shape index (κ3) is 3.38. The Kier molecular flexibility index (Phi) is 4.53. The quantitative estimate of drug-likeness (QED) is 0.530. The van der Waals surface area contributed by atoms with Gasteiger partial charge in [0.15, 0.2) is 0 Å². The molecule has 1 aliphatic heterocycles. The molecule has 0 saturated heterocycles. The number of fused-ring (bicyclic) bond motifs is 2. The lowest BCUT2D eigenvalue weighted by molar-refractivity contribution is 0.0950. The van der Waals surface area contributed by atoms with Crippen LogP contribution in [-0.4, -0.2) is 19.0 Å². The zero-order valence-corrected chi connectivity index (χ0v) is 16.0. The standard InChI is InChI=1S/C25H22N2O2/c28-25(21-12-11-18-6-1-2-8-20(18)16-21)26-17-23(24-10-5-15-29-24)27-14-13-19-7-3-4-9-22(19)27/h1-12,15-16,23H,13-14,17H2,(H,26,28). The molecule has 1 aliphatic rings. The molecule has 0 saturated carbocycles. The number of furan rings is 1. The first-order chi connectivity index (χ1) is 14.3. The molecule has 0 radical (unpaired) electrons. The molecule has 4 nitrogen and oxygen atoms in total. The first-order valence-corrected chi connectivity index (χ1v) is 9.94. The molecule has 4 heteroatoms. The minimum atomic E-state index is -0.0696. The molecule has 4 aromatic rings. The van der Waals surface area contributed by atoms with E-state index in [2.05, 4.69) is 40.5 Å². The van der Waals surface area contributed by atoms with Gasteiger partial charge in [-0.05, 0) is 53.1 Å². The van der Waals surface area contributed by atoms with E-state index in [1.165, 1.54) is 11.3 Å². The summed E-state index contributed by atoms with van der Waals surface area (Å²) in [5.74, 6) is 0.792. The Morgan fingerprint density at radius 2 is 1.79 bits per heavy atom. The molecule has 3 aromatic carbocycles. The number of nitrogens with one attached hydrogen (secondary N) is 1. The molecular weight excluding hydrogens is 360 g/mol. The van der Waals surface area contributed by atoms with Gasteiger partial charge in [-0.2, -0.15) is 0 Å². The number of carbonyl (C=O) groups excluding carboxylic acids is 1. The van der Waals surface area contributed by atoms with Crippen LogP contribution in [0.3, 0.4) is 0 Å². The molecule has 1 unspecified atom stereocenters. The van der Waals surface area contributed by atoms with Gasteiger partial charge in [-0.25, -0.2) is 0 Å². The van der Waals surface area contributed by atoms with E-state index < -0.39 is 0 Å². The molecule has 0 bridgehead atoms. The molecule has 1 aromatic heterocycles. The van der Waals surface area contributed by atoms with Gasteiger partial charge in [0.1, 0.15) is 11.8 Å². The van der Waals surface area contributed by atoms with Gasteiger partial charge in [0, 0.05) is 24.3 Å². The molecule has 144 valence electrons. The monoisotopic (exact) mass is 382 g/mol. The van der Waals surface area contributed by atoms with Crippen molar-refractivity contribution < 1.29 is 9.21 Å². The number of amides is 1. The first-order valence-electron chi connectivity index (χ1n) is 9.94. The van der Waals surface area contributed by atoms with E-state index in [1.54, 1.807) is 6.26 Å². The van der Waals surface area contributed by atoms with Gasteiger partial charge in [0.2, 0.25) is 0 Å². The second kappa shape index (κ2) is 7.47. The van der Waals surface area contributed by atoms with Crippen LogP contribution < -0.4 is 10.2 Å². The molecule has 2 heterocycles. The van der Waals surface area contributed by atoms with Crippen LogP contribution in [-0.2, 0) is 6.42 Å². The Balaban J connectivity index is 1.38. The molecule has 1 amide bonds. The summed E-state index contributed by atoms with van der Waals surface area (Å²) in [6, 6.07) is 26.2. The Hall–Kier alpha value is -3.53. The van der Waals surface area contributed by atoms with Gasteiger partial charge in [-0.1, -0.05) is 48.5 Å². The summed E-state index contributed by atoms with van der Waals surface area (Å²) in [6.45, 7) is 1.39. The fourth-order valence-electron chi connectivity index (χ4n) is 4.15. The Morgan fingerprint density at radius 1 is 0.966 bits per heavy atom. The van der Waals surface area contributed by atoms with Gasteiger partial charge in [0.05, 0.1) is 6.26 Å². The van der Waals surface area contributed by atoms with Crippen molar-refractivity contribution >= 4 is 22.4 Å². The van der Waals surface area contributed by atoms with Gasteiger partial charge < -0.3 is 14.6 Å². The van der Waals surface area contributed by atoms with Crippen LogP contribution in [0, 0.1) is 0 Å². The van der Waals surface area contributed by atoms with Crippen molar-refractivity contribution in [2.75, 3.05) is 18.0 Å². The highest BCUT2D eigenvalue weighted by Gasteiger charge is 2.29. The molecule has 0 fully saturated rings. The van der Waals surface area contributed by atoms with Crippen molar-refractivity contribution in [1.29, 1.82) is 0 Å². The predicted octanol–water partition coefficient (Wildman–Crippen LogP) is 4.97. The van der Waals surface area contributed by atoms with Crippen LogP contribution in [0.2, 0.25) is 0 Å². The van der Waals surface area contributed by atoms with E-state index in [0.717, 1.165) is 29.5 Å². The van der Waals surface area contributed by atoms with Crippen molar-refractivity contribution in [3.63, 3.8) is 0 Å². The summed E-state index contributed by atoms with van der Waals surface area (Å²) < 4.78 is 5.73. The van der Waals surface area contributed by atoms with Crippen LogP contribution in [0.5, 0.6) is 0 Å². The van der Waals surface area contributed by atoms with E-state index in [0.29, 0.717) is 12.1 Å². The molecule has 29 heavy (non-hydrogen) atoms. The van der Waals surface area contributed by atoms with Gasteiger partial charge >= 0.3 is 0 Å². The van der Waals surface area contributed by atoms with E-state index >= 15 is 0 Å². The van der Waals surface area contributed by atoms with Gasteiger partial charge in [0.25, 0.3) is 5.91 Å². The predicted molar refractivity (Wildman–Crippen MR) is 115 cm³/mol. The summed E-state index contributed by atoms with van der Waals surface area (Å²) in [4.78, 5) is 15.2. The molecule has 1 atom stereocenters. The van der Waals surface area contributed by atoms with Crippen molar-refractivity contribution in [2.24, 2.45) is 0 Å². The lowest BCUT2D eigenvalue weighted by Gasteiger charge is -2.29. The van der Waals surface area contributed by atoms with Crippen LogP contribution in [0.4, 0.5) is 5.69 Å². The third-order valence-corrected chi connectivity index (χ3v) is 5.64. The van der Waals surface area contributed by atoms with E-state index in [9.17, 15) is 4.79 Å². The molecule has 0 aliphatic carbocycles. The average Bonchev–Trinajstić information content (AvgIpc) is 3.44. The Morgan fingerprint density at radius 3 is 2.66 bits per heavy atom. The van der Waals surface area contributed by atoms with E-state index in [4.69, 9.17) is 4.42 Å². The highest BCUT2D eigenvalue weighted by atomic mass is 16.3. The summed E-state index contributed by atoms with van der Waals surface area (Å²) >= 11 is 0. The fourth-order valence-corrected chi connectivity index (χ4v) is 4.15. The summed E-state index contributed by atoms with van der Waals surface area (Å²) in [5.41, 5.74) is 3.22. The number of rotatable bonds is 5. The highest BCUT2D eigenvalue weighted by Crippen LogP contribution is 2.35. The fraction of sp³-hybridized carbons (Fsp3) is 0.160. The van der Waals surface area contributed by atoms with E-state index in [1.807, 2.05) is 48.5 Å². The van der Waals surface area contributed by atoms with Crippen LogP contribution in [0.25, 0.3) is 10.8 Å². The van der Waals surface area contributed by atoms with Crippen molar-refractivity contribution in [3.05, 3.63) is 102 Å². The summed E-state index contributed by atoms with van der Waals surface area (Å²) in [7, 11) is 0. The van der Waals surface area contributed by atoms with Crippen LogP contribution in [0.15, 0.2) is 89.5 Å². The number of para-hydroxylation sites is 1. The number of hydrogen-bond acceptors (Lipinski definition) is 3. The lowest BCUT2D eigenvalue weighted by Crippen LogP contribution is -2.37. The van der Waals surface area contributed by atoms with Gasteiger partial charge in [-0.15, -0.1) is 0 Å². The second-order valence-corrected chi connectivity index (χ2v) is 7.38. The first kappa shape index (κ1) is 17.6. The highest BCUT2D eigenvalue weighted by molar-refractivity contribution is 5.98. The number of carbonyl (C=O) groups is 1. The maximum absolute atomic E-state index is 12.9. The SMILES string of the molecule is O=C(NCC(c1ccco1)N1CCc2ccccc21)c1ccc2ccccc2c1. The lowest BCUT2D eigenvalue weighted by atomic mass is 10.1. The van der Waals surface area contributed by atoms with Crippen LogP contribution >= 0.6 is 0 Å². The second-order valence-electron chi connectivity index (χ2n) is 7.38. The van der Waals surface area contributed by atoms with E-state index in [-0.39, 0.29) is 11.9 Å². The molecule has 1 N–H and O–H groups in total. The van der Waals surface area contributed by atoms with Crippen LogP contribution in [0.1, 0.15) is 27.7 Å². The average molecular weight is 382 g/mol. The molecular formula is C25H22N2O2. The minimum Gasteiger partial charge on any atom is -0.467 e. The van der Waals surface area contributed by atoms with Crippen molar-refractivity contribution in [1.82, 2.24) is 5.32 Å². The molecule has 5 rings (SSSR count). The maximum atomic E-state index is 12.9. The summed E-state index contributed by atoms with van der Waals surface area (Å²) in [6.07, 6.45) is 2.70. The smallest absolute Gasteiger partial charge is 0.251 e. The topological polar surface area (TPSA) is 45.5 Å². The zero-order valence-electron chi connectivity index (χ0n) is 16.0. The normalized spacial score (nSPS) is 14.0. The number of anilines is 1. The number of benzene rings is 3. The third-order valence-electron chi connectivity index (χ3n) is 5.64. The summed E-state index contributed by atoms with van der Waals surface area (Å²) in [5, 5.41) is 5.32. The Labute approximate surface area is 169 Å². The number of hydrogen-bond donors (Lipinski definition) is 1. The largest absolute Gasteiger partial charge is 0.467 e. The van der Waals surface area contributed by atoms with Gasteiger partial charge in [-0.3, -0.25) is 4.79 Å². The minimum absolute atomic E-state index is 0.0435. The number of nitrogens with zero attached hydrogens (tertiary/aromatic N) is 1. The maximum Gasteiger partial charge on any atom is 0.251 e. The molecule has 0 spiro atoms. The van der Waals surface area contributed by atoms with Crippen molar-refractivity contribution in [2.45, 2.75) is 12.5 Å². The Bertz CT molecular complexity index is 1150. The zero-order chi connectivity index (χ0) is 19.6.